The molecular formula is C12H13N3O2. The second-order valence-electron chi connectivity index (χ2n) is 4.42. The van der Waals surface area contributed by atoms with Crippen molar-refractivity contribution in [3.63, 3.8) is 0 Å². The van der Waals surface area contributed by atoms with Gasteiger partial charge < -0.3 is 10.2 Å². The predicted molar refractivity (Wildman–Crippen MR) is 64.1 cm³/mol. The van der Waals surface area contributed by atoms with Gasteiger partial charge in [0.25, 0.3) is 0 Å². The van der Waals surface area contributed by atoms with Crippen LogP contribution in [0.15, 0.2) is 18.2 Å². The van der Waals surface area contributed by atoms with E-state index in [-0.39, 0.29) is 11.9 Å². The molecule has 2 heterocycles. The molecule has 88 valence electrons. The first-order valence-corrected chi connectivity index (χ1v) is 5.60. The quantitative estimate of drug-likeness (QED) is 0.785. The second-order valence-corrected chi connectivity index (χ2v) is 4.42. The molecule has 0 radical (unpaired) electrons. The number of hydrogen-bond acceptors (Lipinski definition) is 2. The Morgan fingerprint density at radius 2 is 2.06 bits per heavy atom. The number of carbonyl (C=O) groups is 2. The number of benzene rings is 1. The van der Waals surface area contributed by atoms with Gasteiger partial charge in [0, 0.05) is 31.5 Å². The van der Waals surface area contributed by atoms with Crippen LogP contribution < -0.4 is 10.2 Å². The summed E-state index contributed by atoms with van der Waals surface area (Å²) in [5, 5.41) is 2.78. The van der Waals surface area contributed by atoms with Crippen LogP contribution >= 0.6 is 0 Å². The largest absolute Gasteiger partial charge is 0.326 e. The Morgan fingerprint density at radius 3 is 2.76 bits per heavy atom. The smallest absolute Gasteiger partial charge is 0.324 e. The van der Waals surface area contributed by atoms with Crippen LogP contribution in [-0.4, -0.2) is 37.0 Å². The summed E-state index contributed by atoms with van der Waals surface area (Å²) in [5.74, 6) is 0.0158. The monoisotopic (exact) mass is 231 g/mol. The zero-order valence-corrected chi connectivity index (χ0v) is 9.56. The molecule has 3 amide bonds. The molecule has 0 saturated carbocycles. The minimum atomic E-state index is 0.0158. The summed E-state index contributed by atoms with van der Waals surface area (Å²) in [6.07, 6.45) is 0.404. The Morgan fingerprint density at radius 1 is 1.24 bits per heavy atom. The van der Waals surface area contributed by atoms with E-state index < -0.39 is 0 Å². The van der Waals surface area contributed by atoms with Gasteiger partial charge in [0.15, 0.2) is 0 Å². The van der Waals surface area contributed by atoms with Crippen molar-refractivity contribution >= 4 is 23.3 Å². The highest BCUT2D eigenvalue weighted by Crippen LogP contribution is 2.29. The van der Waals surface area contributed by atoms with Gasteiger partial charge in [-0.25, -0.2) is 4.79 Å². The summed E-state index contributed by atoms with van der Waals surface area (Å²) in [6, 6.07) is 5.68. The van der Waals surface area contributed by atoms with Crippen LogP contribution in [0, 0.1) is 0 Å². The standard InChI is InChI=1S/C12H13N3O2/c1-14-4-5-15(12(14)17)9-2-3-10-8(6-9)7-11(16)13-10/h2-3,6H,4-5,7H2,1H3,(H,13,16). The molecule has 2 aliphatic heterocycles. The molecule has 1 N–H and O–H groups in total. The van der Waals surface area contributed by atoms with Gasteiger partial charge in [-0.1, -0.05) is 0 Å². The first kappa shape index (κ1) is 10.1. The van der Waals surface area contributed by atoms with E-state index in [0.717, 1.165) is 23.5 Å². The molecule has 5 nitrogen and oxygen atoms in total. The Balaban J connectivity index is 1.93. The fourth-order valence-corrected chi connectivity index (χ4v) is 2.27. The van der Waals surface area contributed by atoms with Crippen LogP contribution in [0.3, 0.4) is 0 Å². The van der Waals surface area contributed by atoms with Crippen LogP contribution in [0.25, 0.3) is 0 Å². The summed E-state index contributed by atoms with van der Waals surface area (Å²) in [4.78, 5) is 26.5. The van der Waals surface area contributed by atoms with Crippen molar-refractivity contribution in [3.05, 3.63) is 23.8 Å². The number of fused-ring (bicyclic) bond motifs is 1. The van der Waals surface area contributed by atoms with E-state index in [1.807, 2.05) is 18.2 Å². The van der Waals surface area contributed by atoms with Crippen molar-refractivity contribution in [3.8, 4) is 0 Å². The number of urea groups is 1. The van der Waals surface area contributed by atoms with Gasteiger partial charge in [0.1, 0.15) is 0 Å². The van der Waals surface area contributed by atoms with E-state index in [0.29, 0.717) is 13.0 Å². The van der Waals surface area contributed by atoms with Crippen molar-refractivity contribution in [1.82, 2.24) is 4.90 Å². The lowest BCUT2D eigenvalue weighted by atomic mass is 10.1. The summed E-state index contributed by atoms with van der Waals surface area (Å²) in [7, 11) is 1.79. The average molecular weight is 231 g/mol. The minimum absolute atomic E-state index is 0.0158. The highest BCUT2D eigenvalue weighted by Gasteiger charge is 2.28. The second kappa shape index (κ2) is 3.48. The number of anilines is 2. The third-order valence-corrected chi connectivity index (χ3v) is 3.24. The molecule has 17 heavy (non-hydrogen) atoms. The predicted octanol–water partition coefficient (Wildman–Crippen LogP) is 1.05. The van der Waals surface area contributed by atoms with Crippen LogP contribution in [0.5, 0.6) is 0 Å². The molecule has 0 spiro atoms. The maximum atomic E-state index is 11.8. The van der Waals surface area contributed by atoms with Gasteiger partial charge >= 0.3 is 6.03 Å². The van der Waals surface area contributed by atoms with Crippen molar-refractivity contribution in [1.29, 1.82) is 0 Å². The molecule has 1 fully saturated rings. The summed E-state index contributed by atoms with van der Waals surface area (Å²) >= 11 is 0. The lowest BCUT2D eigenvalue weighted by Gasteiger charge is -2.16. The third kappa shape index (κ3) is 1.54. The van der Waals surface area contributed by atoms with Gasteiger partial charge in [-0.2, -0.15) is 0 Å². The van der Waals surface area contributed by atoms with Gasteiger partial charge in [0.05, 0.1) is 6.42 Å². The normalized spacial score (nSPS) is 18.6. The average Bonchev–Trinajstić information content (AvgIpc) is 2.81. The number of nitrogens with zero attached hydrogens (tertiary/aromatic N) is 2. The Hall–Kier alpha value is -2.04. The number of nitrogens with one attached hydrogen (secondary N) is 1. The summed E-state index contributed by atoms with van der Waals surface area (Å²) < 4.78 is 0. The molecule has 0 bridgehead atoms. The lowest BCUT2D eigenvalue weighted by Crippen LogP contribution is -2.29. The van der Waals surface area contributed by atoms with Gasteiger partial charge in [-0.05, 0) is 23.8 Å². The topological polar surface area (TPSA) is 52.6 Å². The van der Waals surface area contributed by atoms with Crippen molar-refractivity contribution in [2.45, 2.75) is 6.42 Å². The molecule has 0 atom stereocenters. The summed E-state index contributed by atoms with van der Waals surface area (Å²) in [6.45, 7) is 1.45. The minimum Gasteiger partial charge on any atom is -0.326 e. The maximum Gasteiger partial charge on any atom is 0.324 e. The van der Waals surface area contributed by atoms with Crippen molar-refractivity contribution < 1.29 is 9.59 Å². The van der Waals surface area contributed by atoms with Gasteiger partial charge in [-0.3, -0.25) is 9.69 Å². The Labute approximate surface area is 99.0 Å². The first-order valence-electron chi connectivity index (χ1n) is 5.60. The van der Waals surface area contributed by atoms with Crippen LogP contribution in [0.1, 0.15) is 5.56 Å². The highest BCUT2D eigenvalue weighted by atomic mass is 16.2. The fourth-order valence-electron chi connectivity index (χ4n) is 2.27. The van der Waals surface area contributed by atoms with E-state index in [4.69, 9.17) is 0 Å². The molecule has 1 aromatic rings. The zero-order valence-electron chi connectivity index (χ0n) is 9.56. The lowest BCUT2D eigenvalue weighted by molar-refractivity contribution is -0.115. The van der Waals surface area contributed by atoms with E-state index in [1.54, 1.807) is 16.8 Å². The number of amides is 3. The number of rotatable bonds is 1. The molecule has 0 unspecified atom stereocenters. The fraction of sp³-hybridized carbons (Fsp3) is 0.333. The van der Waals surface area contributed by atoms with Crippen LogP contribution in [-0.2, 0) is 11.2 Å². The Kier molecular flexibility index (Phi) is 2.07. The van der Waals surface area contributed by atoms with E-state index in [2.05, 4.69) is 5.32 Å². The third-order valence-electron chi connectivity index (χ3n) is 3.24. The molecule has 5 heteroatoms. The van der Waals surface area contributed by atoms with Crippen molar-refractivity contribution in [2.24, 2.45) is 0 Å². The SMILES string of the molecule is CN1CCN(c2ccc3c(c2)CC(=O)N3)C1=O. The molecule has 0 aliphatic carbocycles. The molecule has 2 aliphatic rings. The molecule has 1 aromatic carbocycles. The molecule has 0 aromatic heterocycles. The Bertz CT molecular complexity index is 512. The molecule has 3 rings (SSSR count). The number of carbonyl (C=O) groups excluding carboxylic acids is 2. The van der Waals surface area contributed by atoms with Gasteiger partial charge in [-0.15, -0.1) is 0 Å². The molecular weight excluding hydrogens is 218 g/mol. The zero-order chi connectivity index (χ0) is 12.0. The molecule has 1 saturated heterocycles. The van der Waals surface area contributed by atoms with Crippen LogP contribution in [0.2, 0.25) is 0 Å². The maximum absolute atomic E-state index is 11.8. The number of likely N-dealkylation sites (N-methyl/N-ethyl adjacent to an activating group) is 1. The van der Waals surface area contributed by atoms with E-state index in [9.17, 15) is 9.59 Å². The van der Waals surface area contributed by atoms with Crippen LogP contribution in [0.4, 0.5) is 16.2 Å². The first-order chi connectivity index (χ1) is 8.15. The number of hydrogen-bond donors (Lipinski definition) is 1. The van der Waals surface area contributed by atoms with Crippen molar-refractivity contribution in [2.75, 3.05) is 30.4 Å². The van der Waals surface area contributed by atoms with E-state index >= 15 is 0 Å². The summed E-state index contributed by atoms with van der Waals surface area (Å²) in [5.41, 5.74) is 2.70. The van der Waals surface area contributed by atoms with Gasteiger partial charge in [0.2, 0.25) is 5.91 Å². The highest BCUT2D eigenvalue weighted by molar-refractivity contribution is 6.00. The van der Waals surface area contributed by atoms with E-state index in [1.165, 1.54) is 0 Å².